The van der Waals surface area contributed by atoms with Crippen molar-refractivity contribution in [3.05, 3.63) is 29.6 Å². The molecule has 6 heteroatoms. The molecule has 1 saturated heterocycles. The molecule has 1 fully saturated rings. The van der Waals surface area contributed by atoms with Crippen molar-refractivity contribution in [1.29, 1.82) is 0 Å². The minimum absolute atomic E-state index is 0.127. The van der Waals surface area contributed by atoms with Gasteiger partial charge in [-0.1, -0.05) is 19.4 Å². The summed E-state index contributed by atoms with van der Waals surface area (Å²) in [6.45, 7) is 2.57. The number of cyclic esters (lactones) is 1. The molecule has 1 aromatic carbocycles. The Kier molecular flexibility index (Phi) is 3.31. The number of aryl methyl sites for hydroxylation is 1. The van der Waals surface area contributed by atoms with Crippen LogP contribution in [0.2, 0.25) is 0 Å². The molecular formula is C14H18N4O2. The molecule has 0 radical (unpaired) electrons. The first-order chi connectivity index (χ1) is 9.72. The van der Waals surface area contributed by atoms with Crippen LogP contribution in [0.4, 0.5) is 4.79 Å². The summed E-state index contributed by atoms with van der Waals surface area (Å²) >= 11 is 0. The van der Waals surface area contributed by atoms with Crippen LogP contribution in [0.5, 0.6) is 0 Å². The van der Waals surface area contributed by atoms with Crippen LogP contribution in [0.15, 0.2) is 18.2 Å². The summed E-state index contributed by atoms with van der Waals surface area (Å²) in [5.41, 5.74) is 8.76. The first-order valence-corrected chi connectivity index (χ1v) is 6.85. The number of nitrogens with zero attached hydrogens (tertiary/aromatic N) is 2. The molecule has 1 aliphatic heterocycles. The van der Waals surface area contributed by atoms with E-state index in [9.17, 15) is 4.79 Å². The smallest absolute Gasteiger partial charge is 0.411 e. The van der Waals surface area contributed by atoms with Crippen molar-refractivity contribution >= 4 is 17.1 Å². The van der Waals surface area contributed by atoms with Crippen LogP contribution in [0.3, 0.4) is 0 Å². The molecule has 1 amide bonds. The number of hydrogen-bond acceptors (Lipinski definition) is 4. The third kappa shape index (κ3) is 2.12. The van der Waals surface area contributed by atoms with Crippen molar-refractivity contribution in [1.82, 2.24) is 14.9 Å². The number of aromatic amines is 1. The Morgan fingerprint density at radius 3 is 3.15 bits per heavy atom. The van der Waals surface area contributed by atoms with Crippen LogP contribution in [-0.4, -0.2) is 34.2 Å². The number of benzene rings is 1. The van der Waals surface area contributed by atoms with Crippen molar-refractivity contribution < 1.29 is 9.53 Å². The second-order valence-electron chi connectivity index (χ2n) is 4.97. The number of aromatic nitrogens is 2. The van der Waals surface area contributed by atoms with Gasteiger partial charge in [0, 0.05) is 0 Å². The first kappa shape index (κ1) is 12.9. The molecule has 3 N–H and O–H groups in total. The zero-order valence-electron chi connectivity index (χ0n) is 11.4. The number of ether oxygens (including phenoxy) is 1. The average Bonchev–Trinajstić information content (AvgIpc) is 3.01. The van der Waals surface area contributed by atoms with E-state index in [4.69, 9.17) is 10.5 Å². The fourth-order valence-electron chi connectivity index (χ4n) is 2.56. The molecule has 1 aliphatic rings. The van der Waals surface area contributed by atoms with Crippen molar-refractivity contribution in [2.45, 2.75) is 25.8 Å². The minimum Gasteiger partial charge on any atom is -0.447 e. The largest absolute Gasteiger partial charge is 0.447 e. The number of carbonyl (C=O) groups is 1. The Bertz CT molecular complexity index is 637. The van der Waals surface area contributed by atoms with Gasteiger partial charge in [-0.25, -0.2) is 9.78 Å². The van der Waals surface area contributed by atoms with Gasteiger partial charge in [-0.2, -0.15) is 0 Å². The van der Waals surface area contributed by atoms with Crippen LogP contribution in [0.25, 0.3) is 11.0 Å². The summed E-state index contributed by atoms with van der Waals surface area (Å²) in [6, 6.07) is 5.98. The lowest BCUT2D eigenvalue weighted by molar-refractivity contribution is 0.158. The fraction of sp³-hybridized carbons (Fsp3) is 0.429. The number of hydrogen-bond donors (Lipinski definition) is 2. The predicted octanol–water partition coefficient (Wildman–Crippen LogP) is 1.92. The summed E-state index contributed by atoms with van der Waals surface area (Å²) in [7, 11) is 0. The Hall–Kier alpha value is -2.08. The van der Waals surface area contributed by atoms with Crippen molar-refractivity contribution in [3.8, 4) is 0 Å². The van der Waals surface area contributed by atoms with E-state index in [1.54, 1.807) is 0 Å². The quantitative estimate of drug-likeness (QED) is 0.892. The molecule has 2 heterocycles. The van der Waals surface area contributed by atoms with Crippen LogP contribution in [0, 0.1) is 0 Å². The minimum atomic E-state index is -0.385. The highest BCUT2D eigenvalue weighted by molar-refractivity contribution is 5.76. The van der Waals surface area contributed by atoms with Gasteiger partial charge in [-0.05, 0) is 24.1 Å². The van der Waals surface area contributed by atoms with Crippen molar-refractivity contribution in [2.75, 3.05) is 13.3 Å². The number of nitrogens with one attached hydrogen (secondary N) is 1. The van der Waals surface area contributed by atoms with Gasteiger partial charge < -0.3 is 15.5 Å². The normalized spacial score (nSPS) is 18.8. The lowest BCUT2D eigenvalue weighted by Gasteiger charge is -2.16. The van der Waals surface area contributed by atoms with Crippen molar-refractivity contribution in [3.63, 3.8) is 0 Å². The monoisotopic (exact) mass is 274 g/mol. The maximum atomic E-state index is 11.5. The Morgan fingerprint density at radius 2 is 2.40 bits per heavy atom. The number of amides is 1. The highest BCUT2D eigenvalue weighted by Gasteiger charge is 2.35. The molecule has 3 rings (SSSR count). The summed E-state index contributed by atoms with van der Waals surface area (Å²) in [6.07, 6.45) is 1.77. The van der Waals surface area contributed by atoms with Crippen LogP contribution in [0.1, 0.15) is 30.8 Å². The molecule has 106 valence electrons. The predicted molar refractivity (Wildman–Crippen MR) is 75.1 cm³/mol. The lowest BCUT2D eigenvalue weighted by atomic mass is 10.1. The molecule has 0 spiro atoms. The maximum absolute atomic E-state index is 11.5. The molecule has 1 aromatic heterocycles. The van der Waals surface area contributed by atoms with E-state index in [1.807, 2.05) is 6.07 Å². The van der Waals surface area contributed by atoms with Gasteiger partial charge >= 0.3 is 6.09 Å². The molecule has 1 atom stereocenters. The molecule has 0 aliphatic carbocycles. The van der Waals surface area contributed by atoms with Crippen LogP contribution < -0.4 is 5.73 Å². The molecule has 20 heavy (non-hydrogen) atoms. The van der Waals surface area contributed by atoms with Gasteiger partial charge in [0.1, 0.15) is 18.5 Å². The standard InChI is InChI=1S/C14H18N4O2/c1-2-3-9-4-5-10-11(6-9)17-13(16-10)12-7-20-14(19)18(12)8-15/h4-6,12H,2-3,7-8,15H2,1H3,(H,16,17). The number of rotatable bonds is 4. The van der Waals surface area contributed by atoms with E-state index in [0.29, 0.717) is 0 Å². The number of imidazole rings is 1. The second kappa shape index (κ2) is 5.13. The van der Waals surface area contributed by atoms with Gasteiger partial charge in [-0.3, -0.25) is 4.90 Å². The van der Waals surface area contributed by atoms with E-state index in [0.717, 1.165) is 29.7 Å². The van der Waals surface area contributed by atoms with Gasteiger partial charge in [0.15, 0.2) is 0 Å². The molecule has 6 nitrogen and oxygen atoms in total. The first-order valence-electron chi connectivity index (χ1n) is 6.85. The van der Waals surface area contributed by atoms with Gasteiger partial charge in [-0.15, -0.1) is 0 Å². The number of H-pyrrole nitrogens is 1. The van der Waals surface area contributed by atoms with E-state index < -0.39 is 0 Å². The van der Waals surface area contributed by atoms with Gasteiger partial charge in [0.25, 0.3) is 0 Å². The highest BCUT2D eigenvalue weighted by atomic mass is 16.6. The van der Waals surface area contributed by atoms with E-state index in [1.165, 1.54) is 10.5 Å². The SMILES string of the molecule is CCCc1ccc2nc(C3COC(=O)N3CN)[nH]c2c1. The number of nitrogens with two attached hydrogens (primary N) is 1. The van der Waals surface area contributed by atoms with Gasteiger partial charge in [0.05, 0.1) is 17.7 Å². The summed E-state index contributed by atoms with van der Waals surface area (Å²) < 4.78 is 5.03. The maximum Gasteiger partial charge on any atom is 0.411 e. The molecule has 0 bridgehead atoms. The van der Waals surface area contributed by atoms with E-state index in [-0.39, 0.29) is 25.4 Å². The van der Waals surface area contributed by atoms with E-state index >= 15 is 0 Å². The van der Waals surface area contributed by atoms with E-state index in [2.05, 4.69) is 29.0 Å². The van der Waals surface area contributed by atoms with Gasteiger partial charge in [0.2, 0.25) is 0 Å². The zero-order valence-corrected chi connectivity index (χ0v) is 11.4. The molecule has 2 aromatic rings. The van der Waals surface area contributed by atoms with Crippen molar-refractivity contribution in [2.24, 2.45) is 5.73 Å². The van der Waals surface area contributed by atoms with Crippen LogP contribution in [-0.2, 0) is 11.2 Å². The molecule has 0 saturated carbocycles. The third-order valence-electron chi connectivity index (χ3n) is 3.59. The number of fused-ring (bicyclic) bond motifs is 1. The molecular weight excluding hydrogens is 256 g/mol. The average molecular weight is 274 g/mol. The summed E-state index contributed by atoms with van der Waals surface area (Å²) in [5, 5.41) is 0. The topological polar surface area (TPSA) is 84.2 Å². The highest BCUT2D eigenvalue weighted by Crippen LogP contribution is 2.26. The zero-order chi connectivity index (χ0) is 14.1. The number of carbonyl (C=O) groups excluding carboxylic acids is 1. The van der Waals surface area contributed by atoms with Crippen LogP contribution >= 0.6 is 0 Å². The summed E-state index contributed by atoms with van der Waals surface area (Å²) in [4.78, 5) is 20.8. The fourth-order valence-corrected chi connectivity index (χ4v) is 2.56. The molecule has 1 unspecified atom stereocenters. The third-order valence-corrected chi connectivity index (χ3v) is 3.59. The Balaban J connectivity index is 1.94. The second-order valence-corrected chi connectivity index (χ2v) is 4.97. The Morgan fingerprint density at radius 1 is 1.55 bits per heavy atom. The summed E-state index contributed by atoms with van der Waals surface area (Å²) in [5.74, 6) is 0.727. The lowest BCUT2D eigenvalue weighted by Crippen LogP contribution is -2.33. The Labute approximate surface area is 116 Å².